The molecule has 0 unspecified atom stereocenters. The standard InChI is InChI=1S/C21H23N5O5S2/c1-32(27,28)15-6-8-16(9-7-15)33(29,30)24-10-12-31-13-11-26-14-23-19-20(26)17-4-2-3-5-18(17)25-21(19)22/h2-9,14,24H,10-13H2,1H3,(H2,22,25). The number of rotatable bonds is 9. The summed E-state index contributed by atoms with van der Waals surface area (Å²) >= 11 is 0. The normalized spacial score (nSPS) is 12.5. The van der Waals surface area contributed by atoms with E-state index in [2.05, 4.69) is 14.7 Å². The number of para-hydroxylation sites is 1. The van der Waals surface area contributed by atoms with Crippen molar-refractivity contribution in [2.75, 3.05) is 31.7 Å². The Morgan fingerprint density at radius 1 is 1.00 bits per heavy atom. The van der Waals surface area contributed by atoms with Crippen LogP contribution in [0.25, 0.3) is 21.9 Å². The lowest BCUT2D eigenvalue weighted by Crippen LogP contribution is -2.27. The van der Waals surface area contributed by atoms with Crippen LogP contribution in [0.1, 0.15) is 0 Å². The number of hydrogen-bond acceptors (Lipinski definition) is 8. The molecule has 0 atom stereocenters. The molecule has 0 aliphatic rings. The molecular formula is C21H23N5O5S2. The molecule has 4 rings (SSSR count). The van der Waals surface area contributed by atoms with Crippen molar-refractivity contribution in [2.45, 2.75) is 16.3 Å². The Morgan fingerprint density at radius 3 is 2.42 bits per heavy atom. The third kappa shape index (κ3) is 4.98. The van der Waals surface area contributed by atoms with Gasteiger partial charge in [-0.3, -0.25) is 0 Å². The molecule has 3 N–H and O–H groups in total. The summed E-state index contributed by atoms with van der Waals surface area (Å²) in [5.74, 6) is 0.363. The number of sulfonamides is 1. The lowest BCUT2D eigenvalue weighted by Gasteiger charge is -2.10. The van der Waals surface area contributed by atoms with E-state index in [1.54, 1.807) is 6.33 Å². The maximum absolute atomic E-state index is 12.4. The van der Waals surface area contributed by atoms with Crippen LogP contribution in [0.2, 0.25) is 0 Å². The minimum absolute atomic E-state index is 0.0159. The zero-order chi connectivity index (χ0) is 23.6. The molecule has 0 saturated heterocycles. The molecule has 174 valence electrons. The van der Waals surface area contributed by atoms with E-state index >= 15 is 0 Å². The monoisotopic (exact) mass is 489 g/mol. The van der Waals surface area contributed by atoms with Gasteiger partial charge in [0.15, 0.2) is 15.7 Å². The summed E-state index contributed by atoms with van der Waals surface area (Å²) in [6, 6.07) is 12.7. The van der Waals surface area contributed by atoms with Gasteiger partial charge in [0.2, 0.25) is 10.0 Å². The van der Waals surface area contributed by atoms with Crippen molar-refractivity contribution in [3.63, 3.8) is 0 Å². The molecule has 10 nitrogen and oxygen atoms in total. The van der Waals surface area contributed by atoms with Gasteiger partial charge in [-0.1, -0.05) is 18.2 Å². The smallest absolute Gasteiger partial charge is 0.240 e. The predicted molar refractivity (Wildman–Crippen MR) is 125 cm³/mol. The highest BCUT2D eigenvalue weighted by Gasteiger charge is 2.15. The van der Waals surface area contributed by atoms with Gasteiger partial charge in [-0.05, 0) is 30.3 Å². The number of benzene rings is 2. The van der Waals surface area contributed by atoms with Gasteiger partial charge in [0.1, 0.15) is 5.52 Å². The zero-order valence-corrected chi connectivity index (χ0v) is 19.4. The number of ether oxygens (including phenoxy) is 1. The van der Waals surface area contributed by atoms with Crippen LogP contribution in [0.4, 0.5) is 5.82 Å². The molecule has 0 aliphatic heterocycles. The summed E-state index contributed by atoms with van der Waals surface area (Å²) in [4.78, 5) is 8.78. The van der Waals surface area contributed by atoms with Gasteiger partial charge in [0.05, 0.1) is 40.4 Å². The third-order valence-electron chi connectivity index (χ3n) is 5.06. The van der Waals surface area contributed by atoms with E-state index in [1.165, 1.54) is 24.3 Å². The summed E-state index contributed by atoms with van der Waals surface area (Å²) < 4.78 is 57.7. The molecule has 2 heterocycles. The fourth-order valence-electron chi connectivity index (χ4n) is 3.44. The molecule has 4 aromatic rings. The number of nitrogen functional groups attached to an aromatic ring is 1. The van der Waals surface area contributed by atoms with Crippen molar-refractivity contribution in [3.8, 4) is 0 Å². The van der Waals surface area contributed by atoms with Crippen molar-refractivity contribution in [2.24, 2.45) is 0 Å². The van der Waals surface area contributed by atoms with Crippen LogP contribution in [0, 0.1) is 0 Å². The average molecular weight is 490 g/mol. The van der Waals surface area contributed by atoms with Crippen LogP contribution in [0.15, 0.2) is 64.6 Å². The molecule has 0 saturated carbocycles. The second-order valence-corrected chi connectivity index (χ2v) is 11.2. The van der Waals surface area contributed by atoms with Gasteiger partial charge in [-0.2, -0.15) is 0 Å². The first kappa shape index (κ1) is 23.1. The third-order valence-corrected chi connectivity index (χ3v) is 7.66. The molecule has 33 heavy (non-hydrogen) atoms. The molecule has 0 aliphatic carbocycles. The number of nitrogens with zero attached hydrogens (tertiary/aromatic N) is 3. The number of pyridine rings is 1. The fraction of sp³-hybridized carbons (Fsp3) is 0.238. The number of nitrogens with one attached hydrogen (secondary N) is 1. The first-order valence-corrected chi connectivity index (χ1v) is 13.4. The quantitative estimate of drug-likeness (QED) is 0.337. The number of hydrogen-bond donors (Lipinski definition) is 2. The predicted octanol–water partition coefficient (Wildman–Crippen LogP) is 1.57. The Kier molecular flexibility index (Phi) is 6.34. The van der Waals surface area contributed by atoms with E-state index in [0.29, 0.717) is 24.5 Å². The van der Waals surface area contributed by atoms with Crippen LogP contribution in [0.5, 0.6) is 0 Å². The highest BCUT2D eigenvalue weighted by atomic mass is 32.2. The van der Waals surface area contributed by atoms with Gasteiger partial charge in [-0.25, -0.2) is 31.5 Å². The van der Waals surface area contributed by atoms with Crippen LogP contribution < -0.4 is 10.5 Å². The lowest BCUT2D eigenvalue weighted by molar-refractivity contribution is 0.132. The molecule has 12 heteroatoms. The first-order valence-electron chi connectivity index (χ1n) is 10.0. The second-order valence-electron chi connectivity index (χ2n) is 7.40. The molecule has 0 amide bonds. The van der Waals surface area contributed by atoms with Crippen molar-refractivity contribution in [1.82, 2.24) is 19.3 Å². The largest absolute Gasteiger partial charge is 0.382 e. The number of sulfone groups is 1. The molecular weight excluding hydrogens is 466 g/mol. The van der Waals surface area contributed by atoms with Crippen molar-refractivity contribution in [3.05, 3.63) is 54.9 Å². The lowest BCUT2D eigenvalue weighted by atomic mass is 10.2. The topological polar surface area (TPSA) is 146 Å². The minimum Gasteiger partial charge on any atom is -0.382 e. The maximum atomic E-state index is 12.4. The summed E-state index contributed by atoms with van der Waals surface area (Å²) in [6.45, 7) is 1.08. The highest BCUT2D eigenvalue weighted by Crippen LogP contribution is 2.26. The number of nitrogens with two attached hydrogens (primary N) is 1. The van der Waals surface area contributed by atoms with Gasteiger partial charge in [-0.15, -0.1) is 0 Å². The van der Waals surface area contributed by atoms with Crippen LogP contribution >= 0.6 is 0 Å². The van der Waals surface area contributed by atoms with E-state index < -0.39 is 19.9 Å². The van der Waals surface area contributed by atoms with Crippen molar-refractivity contribution >= 4 is 47.6 Å². The van der Waals surface area contributed by atoms with Gasteiger partial charge >= 0.3 is 0 Å². The van der Waals surface area contributed by atoms with E-state index in [9.17, 15) is 16.8 Å². The van der Waals surface area contributed by atoms with E-state index in [-0.39, 0.29) is 22.9 Å². The summed E-state index contributed by atoms with van der Waals surface area (Å²) in [6.07, 6.45) is 2.74. The Bertz CT molecular complexity index is 1510. The number of aromatic nitrogens is 3. The molecule has 0 fully saturated rings. The van der Waals surface area contributed by atoms with Crippen LogP contribution in [-0.4, -0.2) is 57.4 Å². The number of anilines is 1. The zero-order valence-electron chi connectivity index (χ0n) is 17.8. The summed E-state index contributed by atoms with van der Waals surface area (Å²) in [5, 5.41) is 0.939. The fourth-order valence-corrected chi connectivity index (χ4v) is 5.08. The number of fused-ring (bicyclic) bond motifs is 3. The molecule has 2 aromatic carbocycles. The van der Waals surface area contributed by atoms with E-state index in [4.69, 9.17) is 10.5 Å². The van der Waals surface area contributed by atoms with Crippen molar-refractivity contribution < 1.29 is 21.6 Å². The average Bonchev–Trinajstić information content (AvgIpc) is 3.21. The van der Waals surface area contributed by atoms with E-state index in [0.717, 1.165) is 22.7 Å². The van der Waals surface area contributed by atoms with Gasteiger partial charge in [0.25, 0.3) is 0 Å². The summed E-state index contributed by atoms with van der Waals surface area (Å²) in [5.41, 5.74) is 8.32. The Morgan fingerprint density at radius 2 is 1.70 bits per heavy atom. The van der Waals surface area contributed by atoms with Gasteiger partial charge < -0.3 is 15.0 Å². The minimum atomic E-state index is -3.77. The molecule has 0 bridgehead atoms. The molecule has 0 radical (unpaired) electrons. The Labute approximate surface area is 191 Å². The van der Waals surface area contributed by atoms with Gasteiger partial charge in [0, 0.05) is 24.7 Å². The highest BCUT2D eigenvalue weighted by molar-refractivity contribution is 7.90. The first-order chi connectivity index (χ1) is 15.7. The molecule has 0 spiro atoms. The van der Waals surface area contributed by atoms with E-state index in [1.807, 2.05) is 28.8 Å². The van der Waals surface area contributed by atoms with Crippen molar-refractivity contribution in [1.29, 1.82) is 0 Å². The van der Waals surface area contributed by atoms with Crippen LogP contribution in [-0.2, 0) is 31.1 Å². The maximum Gasteiger partial charge on any atom is 0.240 e. The Hall–Kier alpha value is -3.06. The molecule has 2 aromatic heterocycles. The number of imidazole rings is 1. The second kappa shape index (κ2) is 9.06. The SMILES string of the molecule is CS(=O)(=O)c1ccc(S(=O)(=O)NCCOCCn2cnc3c(N)nc4ccccc4c32)cc1. The van der Waals surface area contributed by atoms with Crippen LogP contribution in [0.3, 0.4) is 0 Å². The Balaban J connectivity index is 1.33. The summed E-state index contributed by atoms with van der Waals surface area (Å²) in [7, 11) is -7.16.